The number of nitriles is 1. The molecule has 2 heterocycles. The van der Waals surface area contributed by atoms with Crippen LogP contribution in [0.15, 0.2) is 24.5 Å². The molecule has 1 saturated heterocycles. The Kier molecular flexibility index (Phi) is 2.03. The molecule has 1 fully saturated rings. The topological polar surface area (TPSA) is 55.7 Å². The average molecular weight is 212 g/mol. The summed E-state index contributed by atoms with van der Waals surface area (Å²) in [6.45, 7) is 0.966. The van der Waals surface area contributed by atoms with E-state index in [0.29, 0.717) is 0 Å². The van der Waals surface area contributed by atoms with Crippen molar-refractivity contribution in [2.45, 2.75) is 18.9 Å². The van der Waals surface area contributed by atoms with Crippen molar-refractivity contribution in [2.75, 3.05) is 11.4 Å². The van der Waals surface area contributed by atoms with E-state index in [0.717, 1.165) is 36.1 Å². The third-order valence-corrected chi connectivity index (χ3v) is 3.14. The van der Waals surface area contributed by atoms with Crippen LogP contribution in [0.3, 0.4) is 0 Å². The van der Waals surface area contributed by atoms with E-state index in [1.54, 1.807) is 6.33 Å². The average Bonchev–Trinajstić information content (AvgIpc) is 2.96. The number of imidazole rings is 1. The molecule has 0 bridgehead atoms. The van der Waals surface area contributed by atoms with Crippen molar-refractivity contribution >= 4 is 16.7 Å². The molecule has 2 aromatic rings. The molecule has 0 saturated carbocycles. The van der Waals surface area contributed by atoms with Crippen LogP contribution in [0.2, 0.25) is 0 Å². The SMILES string of the molecule is N#C[C@@H]1CCCN1c1ccc2[nH]cnc2c1. The minimum absolute atomic E-state index is 0.0244. The molecular weight excluding hydrogens is 200 g/mol. The lowest BCUT2D eigenvalue weighted by Crippen LogP contribution is -2.27. The van der Waals surface area contributed by atoms with Gasteiger partial charge >= 0.3 is 0 Å². The minimum atomic E-state index is 0.0244. The predicted octanol–water partition coefficient (Wildman–Crippen LogP) is 2.06. The van der Waals surface area contributed by atoms with Crippen LogP contribution in [0.4, 0.5) is 5.69 Å². The molecule has 0 spiro atoms. The van der Waals surface area contributed by atoms with E-state index >= 15 is 0 Å². The van der Waals surface area contributed by atoms with Gasteiger partial charge in [0, 0.05) is 12.2 Å². The zero-order chi connectivity index (χ0) is 11.0. The predicted molar refractivity (Wildman–Crippen MR) is 62.1 cm³/mol. The van der Waals surface area contributed by atoms with Crippen LogP contribution in [-0.4, -0.2) is 22.6 Å². The molecule has 1 aromatic heterocycles. The lowest BCUT2D eigenvalue weighted by atomic mass is 10.2. The van der Waals surface area contributed by atoms with Crippen LogP contribution < -0.4 is 4.90 Å². The highest BCUT2D eigenvalue weighted by atomic mass is 15.2. The van der Waals surface area contributed by atoms with Gasteiger partial charge in [-0.1, -0.05) is 0 Å². The number of aromatic nitrogens is 2. The van der Waals surface area contributed by atoms with Crippen molar-refractivity contribution in [3.63, 3.8) is 0 Å². The van der Waals surface area contributed by atoms with Gasteiger partial charge in [-0.3, -0.25) is 0 Å². The summed E-state index contributed by atoms with van der Waals surface area (Å²) in [6.07, 6.45) is 3.76. The number of nitrogens with one attached hydrogen (secondary N) is 1. The fourth-order valence-corrected chi connectivity index (χ4v) is 2.31. The summed E-state index contributed by atoms with van der Waals surface area (Å²) in [5.41, 5.74) is 3.10. The van der Waals surface area contributed by atoms with E-state index in [1.165, 1.54) is 0 Å². The van der Waals surface area contributed by atoms with E-state index in [2.05, 4.69) is 27.0 Å². The molecular formula is C12H12N4. The molecule has 16 heavy (non-hydrogen) atoms. The van der Waals surface area contributed by atoms with Gasteiger partial charge in [-0.2, -0.15) is 5.26 Å². The summed E-state index contributed by atoms with van der Waals surface area (Å²) in [6, 6.07) is 8.49. The normalized spacial score (nSPS) is 20.2. The molecule has 1 atom stereocenters. The Balaban J connectivity index is 2.02. The number of hydrogen-bond donors (Lipinski definition) is 1. The number of hydrogen-bond acceptors (Lipinski definition) is 3. The molecule has 1 N–H and O–H groups in total. The molecule has 0 radical (unpaired) electrons. The standard InChI is InChI=1S/C12H12N4/c13-7-10-2-1-5-16(10)9-3-4-11-12(6-9)15-8-14-11/h3-4,6,8,10H,1-2,5H2,(H,14,15)/t10-/m0/s1. The first-order valence-electron chi connectivity index (χ1n) is 5.48. The second-order valence-corrected chi connectivity index (χ2v) is 4.08. The zero-order valence-corrected chi connectivity index (χ0v) is 8.85. The second-order valence-electron chi connectivity index (χ2n) is 4.08. The van der Waals surface area contributed by atoms with Crippen molar-refractivity contribution in [2.24, 2.45) is 0 Å². The highest BCUT2D eigenvalue weighted by molar-refractivity contribution is 5.79. The summed E-state index contributed by atoms with van der Waals surface area (Å²) in [4.78, 5) is 9.47. The Labute approximate surface area is 93.5 Å². The van der Waals surface area contributed by atoms with Gasteiger partial charge < -0.3 is 9.88 Å². The summed E-state index contributed by atoms with van der Waals surface area (Å²) >= 11 is 0. The molecule has 0 unspecified atom stereocenters. The van der Waals surface area contributed by atoms with Gasteiger partial charge in [-0.05, 0) is 31.0 Å². The first-order chi connectivity index (χ1) is 7.88. The van der Waals surface area contributed by atoms with Crippen LogP contribution in [0.5, 0.6) is 0 Å². The maximum atomic E-state index is 9.06. The van der Waals surface area contributed by atoms with Gasteiger partial charge in [-0.25, -0.2) is 4.98 Å². The van der Waals surface area contributed by atoms with Crippen molar-refractivity contribution in [1.82, 2.24) is 9.97 Å². The number of anilines is 1. The van der Waals surface area contributed by atoms with Crippen LogP contribution >= 0.6 is 0 Å². The van der Waals surface area contributed by atoms with Crippen LogP contribution in [0.1, 0.15) is 12.8 Å². The van der Waals surface area contributed by atoms with E-state index in [1.807, 2.05) is 12.1 Å². The van der Waals surface area contributed by atoms with Crippen LogP contribution in [-0.2, 0) is 0 Å². The summed E-state index contributed by atoms with van der Waals surface area (Å²) < 4.78 is 0. The number of rotatable bonds is 1. The zero-order valence-electron chi connectivity index (χ0n) is 8.85. The molecule has 1 aliphatic rings. The molecule has 3 rings (SSSR count). The van der Waals surface area contributed by atoms with E-state index < -0.39 is 0 Å². The Hall–Kier alpha value is -2.02. The summed E-state index contributed by atoms with van der Waals surface area (Å²) in [5.74, 6) is 0. The molecule has 1 aliphatic heterocycles. The van der Waals surface area contributed by atoms with Gasteiger partial charge in [0.25, 0.3) is 0 Å². The van der Waals surface area contributed by atoms with Crippen molar-refractivity contribution in [1.29, 1.82) is 5.26 Å². The van der Waals surface area contributed by atoms with E-state index in [9.17, 15) is 0 Å². The molecule has 80 valence electrons. The quantitative estimate of drug-likeness (QED) is 0.787. The van der Waals surface area contributed by atoms with Crippen LogP contribution in [0.25, 0.3) is 11.0 Å². The van der Waals surface area contributed by atoms with Gasteiger partial charge in [0.2, 0.25) is 0 Å². The van der Waals surface area contributed by atoms with Gasteiger partial charge in [0.05, 0.1) is 23.4 Å². The first-order valence-corrected chi connectivity index (χ1v) is 5.48. The molecule has 4 heteroatoms. The lowest BCUT2D eigenvalue weighted by Gasteiger charge is -2.21. The first kappa shape index (κ1) is 9.22. The number of nitrogens with zero attached hydrogens (tertiary/aromatic N) is 3. The lowest BCUT2D eigenvalue weighted by molar-refractivity contribution is 0.818. The van der Waals surface area contributed by atoms with Crippen molar-refractivity contribution in [3.8, 4) is 6.07 Å². The minimum Gasteiger partial charge on any atom is -0.356 e. The summed E-state index contributed by atoms with van der Waals surface area (Å²) in [5, 5.41) is 9.06. The van der Waals surface area contributed by atoms with Gasteiger partial charge in [-0.15, -0.1) is 0 Å². The Morgan fingerprint density at radius 1 is 1.50 bits per heavy atom. The van der Waals surface area contributed by atoms with E-state index in [-0.39, 0.29) is 6.04 Å². The number of aromatic amines is 1. The molecule has 0 amide bonds. The Morgan fingerprint density at radius 2 is 2.44 bits per heavy atom. The monoisotopic (exact) mass is 212 g/mol. The molecule has 4 nitrogen and oxygen atoms in total. The van der Waals surface area contributed by atoms with Gasteiger partial charge in [0.15, 0.2) is 0 Å². The highest BCUT2D eigenvalue weighted by Crippen LogP contribution is 2.27. The molecule has 1 aromatic carbocycles. The number of fused-ring (bicyclic) bond motifs is 1. The Morgan fingerprint density at radius 3 is 3.31 bits per heavy atom. The van der Waals surface area contributed by atoms with Gasteiger partial charge in [0.1, 0.15) is 6.04 Å². The maximum Gasteiger partial charge on any atom is 0.116 e. The van der Waals surface area contributed by atoms with Crippen LogP contribution in [0, 0.1) is 11.3 Å². The van der Waals surface area contributed by atoms with Crippen molar-refractivity contribution < 1.29 is 0 Å². The molecule has 0 aliphatic carbocycles. The number of benzene rings is 1. The summed E-state index contributed by atoms with van der Waals surface area (Å²) in [7, 11) is 0. The van der Waals surface area contributed by atoms with E-state index in [4.69, 9.17) is 5.26 Å². The Bertz CT molecular complexity index is 551. The maximum absolute atomic E-state index is 9.06. The largest absolute Gasteiger partial charge is 0.356 e. The third-order valence-electron chi connectivity index (χ3n) is 3.14. The fourth-order valence-electron chi connectivity index (χ4n) is 2.31. The third kappa shape index (κ3) is 1.33. The fraction of sp³-hybridized carbons (Fsp3) is 0.333. The van der Waals surface area contributed by atoms with Crippen molar-refractivity contribution in [3.05, 3.63) is 24.5 Å². The highest BCUT2D eigenvalue weighted by Gasteiger charge is 2.24. The smallest absolute Gasteiger partial charge is 0.116 e. The second kappa shape index (κ2) is 3.53. The number of H-pyrrole nitrogens is 1.